The van der Waals surface area contributed by atoms with Gasteiger partial charge in [-0.15, -0.1) is 0 Å². The number of hydrogen-bond acceptors (Lipinski definition) is 4. The van der Waals surface area contributed by atoms with E-state index in [1.54, 1.807) is 54.7 Å². The van der Waals surface area contributed by atoms with Crippen LogP contribution in [0, 0.1) is 11.3 Å². The summed E-state index contributed by atoms with van der Waals surface area (Å²) >= 11 is 5.85. The molecule has 26 heavy (non-hydrogen) atoms. The molecule has 0 aliphatic rings. The third-order valence-corrected chi connectivity index (χ3v) is 3.93. The number of halogens is 1. The van der Waals surface area contributed by atoms with Crippen molar-refractivity contribution in [3.05, 3.63) is 88.6 Å². The van der Waals surface area contributed by atoms with E-state index in [-0.39, 0.29) is 5.91 Å². The zero-order valence-electron chi connectivity index (χ0n) is 13.7. The molecule has 0 unspecified atom stereocenters. The normalized spacial score (nSPS) is 10.0. The van der Waals surface area contributed by atoms with E-state index >= 15 is 0 Å². The number of aromatic nitrogens is 1. The number of carbonyl (C=O) groups is 1. The zero-order chi connectivity index (χ0) is 18.4. The third kappa shape index (κ3) is 4.59. The SMILES string of the molecule is N#Cc1ccc(Nc2cc(C(=O)NCc3ccc(Cl)cc3)ccn2)cc1. The molecule has 0 aliphatic heterocycles. The van der Waals surface area contributed by atoms with Crippen LogP contribution < -0.4 is 10.6 Å². The quantitative estimate of drug-likeness (QED) is 0.710. The monoisotopic (exact) mass is 362 g/mol. The molecule has 6 heteroatoms. The summed E-state index contributed by atoms with van der Waals surface area (Å²) in [5.74, 6) is 0.360. The average Bonchev–Trinajstić information content (AvgIpc) is 2.68. The van der Waals surface area contributed by atoms with E-state index in [0.717, 1.165) is 11.3 Å². The van der Waals surface area contributed by atoms with E-state index in [1.807, 2.05) is 12.1 Å². The highest BCUT2D eigenvalue weighted by atomic mass is 35.5. The first kappa shape index (κ1) is 17.5. The fourth-order valence-electron chi connectivity index (χ4n) is 2.30. The molecule has 0 saturated carbocycles. The van der Waals surface area contributed by atoms with Crippen LogP contribution in [0.25, 0.3) is 0 Å². The van der Waals surface area contributed by atoms with Gasteiger partial charge in [0.2, 0.25) is 0 Å². The van der Waals surface area contributed by atoms with Gasteiger partial charge in [0.25, 0.3) is 5.91 Å². The molecule has 0 fully saturated rings. The number of nitrogens with zero attached hydrogens (tertiary/aromatic N) is 2. The summed E-state index contributed by atoms with van der Waals surface area (Å²) in [6.07, 6.45) is 1.57. The van der Waals surface area contributed by atoms with Crippen molar-refractivity contribution < 1.29 is 4.79 Å². The topological polar surface area (TPSA) is 77.8 Å². The molecule has 0 atom stereocenters. The van der Waals surface area contributed by atoms with Crippen molar-refractivity contribution in [3.63, 3.8) is 0 Å². The first-order chi connectivity index (χ1) is 12.6. The maximum atomic E-state index is 12.3. The van der Waals surface area contributed by atoms with Gasteiger partial charge < -0.3 is 10.6 Å². The Morgan fingerprint density at radius 2 is 1.81 bits per heavy atom. The number of carbonyl (C=O) groups excluding carboxylic acids is 1. The van der Waals surface area contributed by atoms with E-state index in [4.69, 9.17) is 16.9 Å². The van der Waals surface area contributed by atoms with Crippen LogP contribution in [-0.4, -0.2) is 10.9 Å². The number of hydrogen-bond donors (Lipinski definition) is 2. The van der Waals surface area contributed by atoms with Crippen molar-refractivity contribution >= 4 is 29.0 Å². The molecule has 2 N–H and O–H groups in total. The second-order valence-corrected chi connectivity index (χ2v) is 5.99. The summed E-state index contributed by atoms with van der Waals surface area (Å²) in [6.45, 7) is 0.413. The van der Waals surface area contributed by atoms with Crippen molar-refractivity contribution in [2.75, 3.05) is 5.32 Å². The first-order valence-electron chi connectivity index (χ1n) is 7.90. The molecule has 0 radical (unpaired) electrons. The molecule has 0 bridgehead atoms. The molecule has 0 aliphatic carbocycles. The molecular weight excluding hydrogens is 348 g/mol. The second-order valence-electron chi connectivity index (χ2n) is 5.55. The summed E-state index contributed by atoms with van der Waals surface area (Å²) in [5, 5.41) is 15.5. The van der Waals surface area contributed by atoms with Gasteiger partial charge in [-0.3, -0.25) is 4.79 Å². The molecule has 0 saturated heterocycles. The molecule has 5 nitrogen and oxygen atoms in total. The summed E-state index contributed by atoms with van der Waals surface area (Å²) < 4.78 is 0. The van der Waals surface area contributed by atoms with E-state index in [1.165, 1.54) is 0 Å². The molecule has 3 rings (SSSR count). The van der Waals surface area contributed by atoms with Gasteiger partial charge in [0.15, 0.2) is 0 Å². The van der Waals surface area contributed by atoms with Crippen LogP contribution in [0.5, 0.6) is 0 Å². The predicted octanol–water partition coefficient (Wildman–Crippen LogP) is 4.28. The van der Waals surface area contributed by atoms with Crippen LogP contribution in [0.15, 0.2) is 66.9 Å². The van der Waals surface area contributed by atoms with Gasteiger partial charge in [0.05, 0.1) is 11.6 Å². The number of nitriles is 1. The minimum atomic E-state index is -0.190. The van der Waals surface area contributed by atoms with Gasteiger partial charge in [-0.2, -0.15) is 5.26 Å². The Morgan fingerprint density at radius 1 is 1.08 bits per heavy atom. The van der Waals surface area contributed by atoms with Crippen molar-refractivity contribution in [1.29, 1.82) is 5.26 Å². The lowest BCUT2D eigenvalue weighted by Crippen LogP contribution is -2.22. The minimum absolute atomic E-state index is 0.190. The molecule has 3 aromatic rings. The molecule has 2 aromatic carbocycles. The summed E-state index contributed by atoms with van der Waals surface area (Å²) in [6, 6.07) is 19.7. The summed E-state index contributed by atoms with van der Waals surface area (Å²) in [4.78, 5) is 16.6. The van der Waals surface area contributed by atoms with Crippen LogP contribution in [0.2, 0.25) is 5.02 Å². The Bertz CT molecular complexity index is 947. The number of nitrogens with one attached hydrogen (secondary N) is 2. The fraction of sp³-hybridized carbons (Fsp3) is 0.0500. The van der Waals surface area contributed by atoms with E-state index in [2.05, 4.69) is 21.7 Å². The van der Waals surface area contributed by atoms with Crippen LogP contribution in [0.1, 0.15) is 21.5 Å². The minimum Gasteiger partial charge on any atom is -0.348 e. The molecule has 128 valence electrons. The van der Waals surface area contributed by atoms with Gasteiger partial charge in [-0.05, 0) is 54.1 Å². The fourth-order valence-corrected chi connectivity index (χ4v) is 2.43. The van der Waals surface area contributed by atoms with Crippen molar-refractivity contribution in [3.8, 4) is 6.07 Å². The molecule has 1 aromatic heterocycles. The Hall–Kier alpha value is -3.36. The van der Waals surface area contributed by atoms with E-state index in [0.29, 0.717) is 28.5 Å². The van der Waals surface area contributed by atoms with Crippen molar-refractivity contribution in [2.45, 2.75) is 6.54 Å². The number of anilines is 2. The number of benzene rings is 2. The lowest BCUT2D eigenvalue weighted by Gasteiger charge is -2.09. The highest BCUT2D eigenvalue weighted by Crippen LogP contribution is 2.16. The van der Waals surface area contributed by atoms with Gasteiger partial charge in [-0.1, -0.05) is 23.7 Å². The Kier molecular flexibility index (Phi) is 5.47. The Balaban J connectivity index is 1.64. The first-order valence-corrected chi connectivity index (χ1v) is 8.28. The molecule has 1 amide bonds. The van der Waals surface area contributed by atoms with Gasteiger partial charge >= 0.3 is 0 Å². The van der Waals surface area contributed by atoms with Gasteiger partial charge in [0, 0.05) is 29.0 Å². The smallest absolute Gasteiger partial charge is 0.251 e. The van der Waals surface area contributed by atoms with Crippen LogP contribution in [0.3, 0.4) is 0 Å². The highest BCUT2D eigenvalue weighted by Gasteiger charge is 2.07. The molecular formula is C20H15ClN4O. The Morgan fingerprint density at radius 3 is 2.50 bits per heavy atom. The average molecular weight is 363 g/mol. The van der Waals surface area contributed by atoms with E-state index in [9.17, 15) is 4.79 Å². The van der Waals surface area contributed by atoms with Crippen LogP contribution in [-0.2, 0) is 6.54 Å². The maximum absolute atomic E-state index is 12.3. The third-order valence-electron chi connectivity index (χ3n) is 3.67. The predicted molar refractivity (Wildman–Crippen MR) is 101 cm³/mol. The van der Waals surface area contributed by atoms with E-state index < -0.39 is 0 Å². The number of pyridine rings is 1. The van der Waals surface area contributed by atoms with Crippen molar-refractivity contribution in [2.24, 2.45) is 0 Å². The van der Waals surface area contributed by atoms with Crippen LogP contribution in [0.4, 0.5) is 11.5 Å². The zero-order valence-corrected chi connectivity index (χ0v) is 14.5. The lowest BCUT2D eigenvalue weighted by molar-refractivity contribution is 0.0951. The number of rotatable bonds is 5. The van der Waals surface area contributed by atoms with Crippen LogP contribution >= 0.6 is 11.6 Å². The number of amides is 1. The molecule has 1 heterocycles. The maximum Gasteiger partial charge on any atom is 0.251 e. The Labute approximate surface area is 156 Å². The highest BCUT2D eigenvalue weighted by molar-refractivity contribution is 6.30. The van der Waals surface area contributed by atoms with Gasteiger partial charge in [0.1, 0.15) is 5.82 Å². The standard InChI is InChI=1S/C20H15ClN4O/c21-17-5-1-15(2-6-17)13-24-20(26)16-9-10-23-19(11-16)25-18-7-3-14(12-22)4-8-18/h1-11H,13H2,(H,23,25)(H,24,26). The largest absolute Gasteiger partial charge is 0.348 e. The summed E-state index contributed by atoms with van der Waals surface area (Å²) in [5.41, 5.74) is 2.84. The summed E-state index contributed by atoms with van der Waals surface area (Å²) in [7, 11) is 0. The van der Waals surface area contributed by atoms with Crippen molar-refractivity contribution in [1.82, 2.24) is 10.3 Å². The molecule has 0 spiro atoms. The lowest BCUT2D eigenvalue weighted by atomic mass is 10.2. The second kappa shape index (κ2) is 8.15. The van der Waals surface area contributed by atoms with Gasteiger partial charge in [-0.25, -0.2) is 4.98 Å².